The van der Waals surface area contributed by atoms with Crippen molar-refractivity contribution in [3.8, 4) is 5.75 Å². The zero-order chi connectivity index (χ0) is 22.5. The van der Waals surface area contributed by atoms with Crippen LogP contribution in [0.2, 0.25) is 0 Å². The molecule has 5 nitrogen and oxygen atoms in total. The summed E-state index contributed by atoms with van der Waals surface area (Å²) in [6, 6.07) is 12.0. The largest absolute Gasteiger partial charge is 0.493 e. The predicted molar refractivity (Wildman–Crippen MR) is 121 cm³/mol. The smallest absolute Gasteiger partial charge is 0.253 e. The first kappa shape index (κ1) is 22.3. The van der Waals surface area contributed by atoms with Gasteiger partial charge in [0.2, 0.25) is 0 Å². The first-order valence-corrected chi connectivity index (χ1v) is 11.6. The first-order valence-electron chi connectivity index (χ1n) is 11.6. The Morgan fingerprint density at radius 1 is 0.906 bits per heavy atom. The van der Waals surface area contributed by atoms with Crippen molar-refractivity contribution in [2.24, 2.45) is 5.92 Å². The van der Waals surface area contributed by atoms with Gasteiger partial charge in [-0.05, 0) is 81.0 Å². The highest BCUT2D eigenvalue weighted by Gasteiger charge is 2.25. The van der Waals surface area contributed by atoms with Gasteiger partial charge in [-0.1, -0.05) is 6.07 Å². The Kier molecular flexibility index (Phi) is 7.08. The van der Waals surface area contributed by atoms with Gasteiger partial charge in [0.1, 0.15) is 11.6 Å². The second-order valence-electron chi connectivity index (χ2n) is 8.91. The molecule has 1 atom stereocenters. The van der Waals surface area contributed by atoms with Crippen molar-refractivity contribution in [1.29, 1.82) is 0 Å². The van der Waals surface area contributed by atoms with Crippen molar-refractivity contribution in [2.45, 2.75) is 39.0 Å². The van der Waals surface area contributed by atoms with E-state index in [9.17, 15) is 14.0 Å². The third-order valence-electron chi connectivity index (χ3n) is 6.46. The number of piperidine rings is 2. The van der Waals surface area contributed by atoms with Gasteiger partial charge in [-0.15, -0.1) is 0 Å². The topological polar surface area (TPSA) is 49.9 Å². The van der Waals surface area contributed by atoms with Gasteiger partial charge in [-0.3, -0.25) is 9.59 Å². The molecule has 0 spiro atoms. The second-order valence-corrected chi connectivity index (χ2v) is 8.91. The zero-order valence-corrected chi connectivity index (χ0v) is 18.7. The second kappa shape index (κ2) is 10.2. The summed E-state index contributed by atoms with van der Waals surface area (Å²) >= 11 is 0. The Morgan fingerprint density at radius 3 is 2.28 bits per heavy atom. The molecule has 2 aromatic carbocycles. The molecule has 2 fully saturated rings. The van der Waals surface area contributed by atoms with Crippen LogP contribution in [-0.4, -0.2) is 54.4 Å². The molecule has 0 unspecified atom stereocenters. The highest BCUT2D eigenvalue weighted by atomic mass is 19.1. The normalized spacial score (nSPS) is 19.0. The standard InChI is InChI=1S/C26H31FN2O3/c1-19-7-8-22(16-24(19)27)26(31)29-15-5-6-20(17-29)18-32-23-11-9-21(10-12-23)25(30)28-13-3-2-4-14-28/h7-12,16,20H,2-6,13-15,17-18H2,1H3/t20-/m1/s1. The van der Waals surface area contributed by atoms with E-state index in [2.05, 4.69) is 0 Å². The number of aryl methyl sites for hydroxylation is 1. The number of carbonyl (C=O) groups is 2. The fraction of sp³-hybridized carbons (Fsp3) is 0.462. The molecular weight excluding hydrogens is 407 g/mol. The van der Waals surface area contributed by atoms with Gasteiger partial charge < -0.3 is 14.5 Å². The van der Waals surface area contributed by atoms with Gasteiger partial charge >= 0.3 is 0 Å². The molecule has 2 aliphatic rings. The number of carbonyl (C=O) groups excluding carboxylic acids is 2. The maximum absolute atomic E-state index is 13.9. The summed E-state index contributed by atoms with van der Waals surface area (Å²) < 4.78 is 19.8. The maximum Gasteiger partial charge on any atom is 0.253 e. The molecule has 170 valence electrons. The van der Waals surface area contributed by atoms with E-state index in [-0.39, 0.29) is 23.5 Å². The van der Waals surface area contributed by atoms with Crippen LogP contribution in [-0.2, 0) is 0 Å². The highest BCUT2D eigenvalue weighted by Crippen LogP contribution is 2.22. The minimum Gasteiger partial charge on any atom is -0.493 e. The van der Waals surface area contributed by atoms with Crippen LogP contribution in [0.4, 0.5) is 4.39 Å². The molecule has 0 saturated carbocycles. The molecule has 0 aromatic heterocycles. The summed E-state index contributed by atoms with van der Waals surface area (Å²) in [6.07, 6.45) is 5.23. The molecule has 0 N–H and O–H groups in total. The van der Waals surface area contributed by atoms with Gasteiger partial charge in [-0.25, -0.2) is 4.39 Å². The van der Waals surface area contributed by atoms with E-state index < -0.39 is 0 Å². The van der Waals surface area contributed by atoms with E-state index >= 15 is 0 Å². The molecule has 0 radical (unpaired) electrons. The van der Waals surface area contributed by atoms with E-state index in [4.69, 9.17) is 4.74 Å². The van der Waals surface area contributed by atoms with Crippen molar-refractivity contribution < 1.29 is 18.7 Å². The Morgan fingerprint density at radius 2 is 1.56 bits per heavy atom. The van der Waals surface area contributed by atoms with Gasteiger partial charge in [0.15, 0.2) is 0 Å². The van der Waals surface area contributed by atoms with E-state index in [0.717, 1.165) is 44.5 Å². The lowest BCUT2D eigenvalue weighted by Crippen LogP contribution is -2.41. The van der Waals surface area contributed by atoms with Crippen LogP contribution in [0.15, 0.2) is 42.5 Å². The Balaban J connectivity index is 1.30. The summed E-state index contributed by atoms with van der Waals surface area (Å²) in [5.74, 6) is 0.552. The van der Waals surface area contributed by atoms with Crippen molar-refractivity contribution in [2.75, 3.05) is 32.8 Å². The number of likely N-dealkylation sites (tertiary alicyclic amines) is 2. The molecule has 2 amide bonds. The summed E-state index contributed by atoms with van der Waals surface area (Å²) in [5, 5.41) is 0. The molecule has 2 heterocycles. The Hall–Kier alpha value is -2.89. The first-order chi connectivity index (χ1) is 15.5. The van der Waals surface area contributed by atoms with Crippen LogP contribution in [0.5, 0.6) is 5.75 Å². The molecule has 32 heavy (non-hydrogen) atoms. The van der Waals surface area contributed by atoms with Crippen molar-refractivity contribution in [3.63, 3.8) is 0 Å². The van der Waals surface area contributed by atoms with Gasteiger partial charge in [-0.2, -0.15) is 0 Å². The summed E-state index contributed by atoms with van der Waals surface area (Å²) in [4.78, 5) is 29.1. The number of benzene rings is 2. The number of rotatable bonds is 5. The van der Waals surface area contributed by atoms with Gasteiger partial charge in [0.25, 0.3) is 11.8 Å². The number of amides is 2. The summed E-state index contributed by atoms with van der Waals surface area (Å²) in [6.45, 7) is 5.14. The molecule has 4 rings (SSSR count). The number of hydrogen-bond acceptors (Lipinski definition) is 3. The third-order valence-corrected chi connectivity index (χ3v) is 6.46. The molecule has 6 heteroatoms. The lowest BCUT2D eigenvalue weighted by molar-refractivity contribution is 0.0632. The lowest BCUT2D eigenvalue weighted by atomic mass is 9.98. The van der Waals surface area contributed by atoms with Crippen LogP contribution in [0, 0.1) is 18.7 Å². The monoisotopic (exact) mass is 438 g/mol. The molecule has 2 aromatic rings. The number of nitrogens with zero attached hydrogens (tertiary/aromatic N) is 2. The molecule has 2 saturated heterocycles. The van der Waals surface area contributed by atoms with E-state index in [1.807, 2.05) is 29.2 Å². The molecule has 2 aliphatic heterocycles. The Labute approximate surface area is 189 Å². The van der Waals surface area contributed by atoms with Crippen LogP contribution >= 0.6 is 0 Å². The van der Waals surface area contributed by atoms with Crippen molar-refractivity contribution in [3.05, 3.63) is 65.0 Å². The summed E-state index contributed by atoms with van der Waals surface area (Å²) in [7, 11) is 0. The quantitative estimate of drug-likeness (QED) is 0.680. The van der Waals surface area contributed by atoms with Crippen LogP contribution in [0.25, 0.3) is 0 Å². The van der Waals surface area contributed by atoms with E-state index in [1.165, 1.54) is 12.5 Å². The lowest BCUT2D eigenvalue weighted by Gasteiger charge is -2.32. The number of hydrogen-bond donors (Lipinski definition) is 0. The molecule has 0 bridgehead atoms. The average molecular weight is 439 g/mol. The minimum absolute atomic E-state index is 0.0882. The maximum atomic E-state index is 13.9. The third kappa shape index (κ3) is 5.29. The summed E-state index contributed by atoms with van der Waals surface area (Å²) in [5.41, 5.74) is 1.62. The van der Waals surface area contributed by atoms with Crippen LogP contribution in [0.3, 0.4) is 0 Å². The molecule has 0 aliphatic carbocycles. The fourth-order valence-corrected chi connectivity index (χ4v) is 4.48. The number of halogens is 1. The van der Waals surface area contributed by atoms with E-state index in [0.29, 0.717) is 36.4 Å². The fourth-order valence-electron chi connectivity index (χ4n) is 4.48. The van der Waals surface area contributed by atoms with Crippen molar-refractivity contribution >= 4 is 11.8 Å². The van der Waals surface area contributed by atoms with Crippen LogP contribution < -0.4 is 4.74 Å². The molecular formula is C26H31FN2O3. The van der Waals surface area contributed by atoms with Crippen LogP contribution in [0.1, 0.15) is 58.4 Å². The minimum atomic E-state index is -0.352. The SMILES string of the molecule is Cc1ccc(C(=O)N2CCC[C@@H](COc3ccc(C(=O)N4CCCCC4)cc3)C2)cc1F. The Bertz CT molecular complexity index is 954. The zero-order valence-electron chi connectivity index (χ0n) is 18.7. The van der Waals surface area contributed by atoms with Gasteiger partial charge in [0.05, 0.1) is 6.61 Å². The van der Waals surface area contributed by atoms with Gasteiger partial charge in [0, 0.05) is 43.2 Å². The average Bonchev–Trinajstić information content (AvgIpc) is 2.84. The van der Waals surface area contributed by atoms with E-state index in [1.54, 1.807) is 24.0 Å². The highest BCUT2D eigenvalue weighted by molar-refractivity contribution is 5.95. The van der Waals surface area contributed by atoms with Crippen molar-refractivity contribution in [1.82, 2.24) is 9.80 Å². The number of ether oxygens (including phenoxy) is 1. The predicted octanol–water partition coefficient (Wildman–Crippen LogP) is 4.69.